The number of thiocarbonyl (C=S) groups is 1. The van der Waals surface area contributed by atoms with Gasteiger partial charge in [-0.15, -0.1) is 0 Å². The number of pyridine rings is 1. The van der Waals surface area contributed by atoms with E-state index in [1.165, 1.54) is 12.1 Å². The maximum absolute atomic E-state index is 11.0. The molecule has 1 saturated heterocycles. The maximum Gasteiger partial charge on any atom is 0.269 e. The smallest absolute Gasteiger partial charge is 0.269 e. The zero-order valence-electron chi connectivity index (χ0n) is 23.0. The quantitative estimate of drug-likeness (QED) is 0.115. The van der Waals surface area contributed by atoms with Gasteiger partial charge in [-0.3, -0.25) is 15.1 Å². The van der Waals surface area contributed by atoms with Gasteiger partial charge < -0.3 is 19.7 Å². The second kappa shape index (κ2) is 11.7. The van der Waals surface area contributed by atoms with Gasteiger partial charge in [-0.2, -0.15) is 0 Å². The third-order valence-electron chi connectivity index (χ3n) is 7.22. The molecule has 1 fully saturated rings. The van der Waals surface area contributed by atoms with E-state index in [0.29, 0.717) is 5.11 Å². The molecule has 0 radical (unpaired) electrons. The Bertz CT molecular complexity index is 1710. The van der Waals surface area contributed by atoms with Gasteiger partial charge in [0.2, 0.25) is 0 Å². The van der Waals surface area contributed by atoms with E-state index in [1.54, 1.807) is 23.9 Å². The molecule has 3 aromatic carbocycles. The number of hydrogen-bond acceptors (Lipinski definition) is 6. The Morgan fingerprint density at radius 3 is 2.17 bits per heavy atom. The lowest BCUT2D eigenvalue weighted by atomic mass is 10.0. The second-order valence-corrected chi connectivity index (χ2v) is 11.6. The summed E-state index contributed by atoms with van der Waals surface area (Å²) in [4.78, 5) is 21.5. The number of benzene rings is 3. The minimum absolute atomic E-state index is 0.0802. The minimum atomic E-state index is -0.389. The molecule has 10 heteroatoms. The molecule has 2 aromatic heterocycles. The molecule has 2 atom stereocenters. The highest BCUT2D eigenvalue weighted by Gasteiger charge is 2.42. The molecule has 8 nitrogen and oxygen atoms in total. The Kier molecular flexibility index (Phi) is 7.64. The van der Waals surface area contributed by atoms with E-state index in [1.807, 2.05) is 50.6 Å². The number of nitro groups is 1. The van der Waals surface area contributed by atoms with Gasteiger partial charge in [-0.1, -0.05) is 17.8 Å². The summed E-state index contributed by atoms with van der Waals surface area (Å²) in [6.45, 7) is 0. The van der Waals surface area contributed by atoms with Gasteiger partial charge in [-0.05, 0) is 97.1 Å². The number of aromatic nitrogens is 2. The van der Waals surface area contributed by atoms with E-state index in [-0.39, 0.29) is 22.7 Å². The molecule has 0 amide bonds. The highest BCUT2D eigenvalue weighted by atomic mass is 32.2. The summed E-state index contributed by atoms with van der Waals surface area (Å²) in [5.74, 6) is 0. The first-order chi connectivity index (χ1) is 20.4. The van der Waals surface area contributed by atoms with Crippen molar-refractivity contribution in [2.75, 3.05) is 23.9 Å². The zero-order valence-corrected chi connectivity index (χ0v) is 24.6. The predicted molar refractivity (Wildman–Crippen MR) is 172 cm³/mol. The summed E-state index contributed by atoms with van der Waals surface area (Å²) in [6.07, 6.45) is 3.89. The monoisotopic (exact) mass is 592 g/mol. The lowest BCUT2D eigenvalue weighted by molar-refractivity contribution is -0.384. The Hall–Kier alpha value is -4.67. The van der Waals surface area contributed by atoms with Crippen molar-refractivity contribution in [3.05, 3.63) is 137 Å². The summed E-state index contributed by atoms with van der Waals surface area (Å²) in [5.41, 5.74) is 5.23. The topological polar surface area (TPSA) is 79.5 Å². The van der Waals surface area contributed by atoms with Crippen molar-refractivity contribution in [2.45, 2.75) is 21.9 Å². The fraction of sp³-hybridized carbons (Fsp3) is 0.125. The summed E-state index contributed by atoms with van der Waals surface area (Å²) in [5, 5.41) is 15.2. The molecule has 3 heterocycles. The van der Waals surface area contributed by atoms with E-state index in [9.17, 15) is 10.1 Å². The molecule has 0 spiro atoms. The van der Waals surface area contributed by atoms with Crippen molar-refractivity contribution in [3.63, 3.8) is 0 Å². The molecule has 210 valence electrons. The fourth-order valence-corrected chi connectivity index (χ4v) is 6.32. The van der Waals surface area contributed by atoms with Crippen LogP contribution in [0.15, 0.2) is 125 Å². The van der Waals surface area contributed by atoms with Crippen LogP contribution in [0.25, 0.3) is 5.69 Å². The van der Waals surface area contributed by atoms with Crippen LogP contribution in [0.5, 0.6) is 0 Å². The van der Waals surface area contributed by atoms with Crippen LogP contribution in [0, 0.1) is 10.1 Å². The summed E-state index contributed by atoms with van der Waals surface area (Å²) in [7, 11) is 4.07. The van der Waals surface area contributed by atoms with Crippen LogP contribution in [-0.4, -0.2) is 33.7 Å². The van der Waals surface area contributed by atoms with Gasteiger partial charge in [0.05, 0.1) is 16.7 Å². The average molecular weight is 593 g/mol. The minimum Gasteiger partial charge on any atom is -0.378 e. The number of nitrogens with one attached hydrogen (secondary N) is 1. The molecule has 0 saturated carbocycles. The van der Waals surface area contributed by atoms with E-state index in [2.05, 4.69) is 79.4 Å². The third-order valence-corrected chi connectivity index (χ3v) is 8.55. The average Bonchev–Trinajstić information content (AvgIpc) is 3.63. The van der Waals surface area contributed by atoms with Crippen molar-refractivity contribution >= 4 is 46.2 Å². The van der Waals surface area contributed by atoms with Crippen LogP contribution in [0.3, 0.4) is 0 Å². The first kappa shape index (κ1) is 27.5. The summed E-state index contributed by atoms with van der Waals surface area (Å²) >= 11 is 7.49. The fourth-order valence-electron chi connectivity index (χ4n) is 5.16. The first-order valence-electron chi connectivity index (χ1n) is 13.4. The van der Waals surface area contributed by atoms with E-state index in [0.717, 1.165) is 38.2 Å². The lowest BCUT2D eigenvalue weighted by Gasteiger charge is -2.29. The van der Waals surface area contributed by atoms with E-state index >= 15 is 0 Å². The summed E-state index contributed by atoms with van der Waals surface area (Å²) < 4.78 is 2.21. The molecule has 6 rings (SSSR count). The zero-order chi connectivity index (χ0) is 29.2. The van der Waals surface area contributed by atoms with Gasteiger partial charge in [0, 0.05) is 71.2 Å². The molecular weight excluding hydrogens is 565 g/mol. The summed E-state index contributed by atoms with van der Waals surface area (Å²) in [6, 6.07) is 33.1. The molecule has 42 heavy (non-hydrogen) atoms. The molecular formula is C32H28N6O2S2. The van der Waals surface area contributed by atoms with E-state index in [4.69, 9.17) is 12.2 Å². The Labute approximate surface area is 253 Å². The van der Waals surface area contributed by atoms with Crippen LogP contribution >= 0.6 is 24.0 Å². The van der Waals surface area contributed by atoms with Crippen LogP contribution in [0.4, 0.5) is 17.1 Å². The standard InChI is InChI=1S/C32H28N6O2S2/c1-35(2)22-8-10-23(11-9-22)36-21-5-7-29(36)31-30(28-6-3-4-20-33-28)34-32(41)37(31)24-12-16-26(17-13-24)42-27-18-14-25(15-19-27)38(39)40/h3-21,30-31H,1-2H3,(H,34,41)/t30-,31-/m0/s1. The highest BCUT2D eigenvalue weighted by Crippen LogP contribution is 2.43. The molecule has 0 unspecified atom stereocenters. The van der Waals surface area contributed by atoms with Gasteiger partial charge in [0.1, 0.15) is 6.04 Å². The van der Waals surface area contributed by atoms with Crippen LogP contribution in [0.1, 0.15) is 23.5 Å². The molecule has 5 aromatic rings. The van der Waals surface area contributed by atoms with Crippen molar-refractivity contribution < 1.29 is 4.92 Å². The predicted octanol–water partition coefficient (Wildman–Crippen LogP) is 7.17. The molecule has 1 aliphatic heterocycles. The SMILES string of the molecule is CN(C)c1ccc(-n2cccc2[C@H]2[C@H](c3ccccn3)NC(=S)N2c2ccc(Sc3ccc([N+](=O)[O-])cc3)cc2)cc1. The van der Waals surface area contributed by atoms with Gasteiger partial charge in [0.15, 0.2) is 5.11 Å². The van der Waals surface area contributed by atoms with Gasteiger partial charge in [0.25, 0.3) is 5.69 Å². The van der Waals surface area contributed by atoms with Gasteiger partial charge in [-0.25, -0.2) is 0 Å². The van der Waals surface area contributed by atoms with Crippen molar-refractivity contribution in [1.29, 1.82) is 0 Å². The number of non-ortho nitro benzene ring substituents is 1. The maximum atomic E-state index is 11.0. The molecule has 0 aliphatic carbocycles. The van der Waals surface area contributed by atoms with Crippen LogP contribution in [0.2, 0.25) is 0 Å². The van der Waals surface area contributed by atoms with Crippen LogP contribution in [-0.2, 0) is 0 Å². The largest absolute Gasteiger partial charge is 0.378 e. The number of nitro benzene ring substituents is 1. The van der Waals surface area contributed by atoms with Gasteiger partial charge >= 0.3 is 0 Å². The lowest BCUT2D eigenvalue weighted by Crippen LogP contribution is -2.30. The normalized spacial score (nSPS) is 16.3. The molecule has 1 N–H and O–H groups in total. The van der Waals surface area contributed by atoms with Crippen molar-refractivity contribution in [3.8, 4) is 5.69 Å². The highest BCUT2D eigenvalue weighted by molar-refractivity contribution is 7.99. The first-order valence-corrected chi connectivity index (χ1v) is 14.6. The Morgan fingerprint density at radius 1 is 0.881 bits per heavy atom. The number of anilines is 2. The van der Waals surface area contributed by atoms with Crippen molar-refractivity contribution in [1.82, 2.24) is 14.9 Å². The molecule has 1 aliphatic rings. The van der Waals surface area contributed by atoms with Crippen LogP contribution < -0.4 is 15.1 Å². The number of nitrogens with zero attached hydrogens (tertiary/aromatic N) is 5. The second-order valence-electron chi connectivity index (χ2n) is 10.1. The third kappa shape index (κ3) is 5.46. The Balaban J connectivity index is 1.35. The van der Waals surface area contributed by atoms with Crippen molar-refractivity contribution in [2.24, 2.45) is 0 Å². The van der Waals surface area contributed by atoms with E-state index < -0.39 is 0 Å². The number of hydrogen-bond donors (Lipinski definition) is 1. The Morgan fingerprint density at radius 2 is 1.55 bits per heavy atom. The molecule has 0 bridgehead atoms. The number of rotatable bonds is 8.